The topological polar surface area (TPSA) is 76.0 Å². The van der Waals surface area contributed by atoms with E-state index in [2.05, 4.69) is 0 Å². The molecule has 0 fully saturated rings. The van der Waals surface area contributed by atoms with Crippen LogP contribution in [0.1, 0.15) is 26.3 Å². The summed E-state index contributed by atoms with van der Waals surface area (Å²) in [4.78, 5) is 11.0. The van der Waals surface area contributed by atoms with E-state index in [0.29, 0.717) is 23.7 Å². The van der Waals surface area contributed by atoms with Gasteiger partial charge in [0.1, 0.15) is 6.61 Å². The maximum Gasteiger partial charge on any atom is 0.312 e. The molecule has 5 nitrogen and oxygen atoms in total. The summed E-state index contributed by atoms with van der Waals surface area (Å²) >= 11 is 0. The molecule has 5 heteroatoms. The Bertz CT molecular complexity index is 439. The third-order valence-corrected chi connectivity index (χ3v) is 2.69. The van der Waals surface area contributed by atoms with Crippen molar-refractivity contribution in [1.29, 1.82) is 0 Å². The van der Waals surface area contributed by atoms with Gasteiger partial charge in [0.2, 0.25) is 0 Å². The summed E-state index contributed by atoms with van der Waals surface area (Å²) in [5, 5.41) is 18.4. The molecule has 2 N–H and O–H groups in total. The van der Waals surface area contributed by atoms with Gasteiger partial charge in [0, 0.05) is 5.56 Å². The van der Waals surface area contributed by atoms with E-state index in [-0.39, 0.29) is 13.2 Å². The number of aliphatic hydroxyl groups is 1. The summed E-state index contributed by atoms with van der Waals surface area (Å²) in [5.41, 5.74) is -0.432. The maximum absolute atomic E-state index is 11.0. The molecule has 0 radical (unpaired) electrons. The van der Waals surface area contributed by atoms with Crippen LogP contribution >= 0.6 is 0 Å². The fraction of sp³-hybridized carbons (Fsp3) is 0.500. The monoisotopic (exact) mass is 268 g/mol. The van der Waals surface area contributed by atoms with Crippen LogP contribution in [0.2, 0.25) is 0 Å². The van der Waals surface area contributed by atoms with Gasteiger partial charge >= 0.3 is 5.97 Å². The number of para-hydroxylation sites is 1. The lowest BCUT2D eigenvalue weighted by atomic mass is 9.95. The minimum absolute atomic E-state index is 0.000574. The second-order valence-corrected chi connectivity index (χ2v) is 4.81. The zero-order chi connectivity index (χ0) is 14.5. The van der Waals surface area contributed by atoms with Crippen LogP contribution in [-0.2, 0) is 11.4 Å². The van der Waals surface area contributed by atoms with Gasteiger partial charge in [-0.3, -0.25) is 4.79 Å². The Hall–Kier alpha value is -1.75. The molecule has 0 atom stereocenters. The zero-order valence-corrected chi connectivity index (χ0v) is 11.5. The highest BCUT2D eigenvalue weighted by molar-refractivity contribution is 5.73. The molecule has 0 aliphatic heterocycles. The van der Waals surface area contributed by atoms with Crippen molar-refractivity contribution in [2.45, 2.75) is 27.4 Å². The van der Waals surface area contributed by atoms with Crippen molar-refractivity contribution < 1.29 is 24.5 Å². The summed E-state index contributed by atoms with van der Waals surface area (Å²) in [5.74, 6) is -0.0247. The number of carboxylic acids is 1. The Labute approximate surface area is 112 Å². The molecule has 0 heterocycles. The van der Waals surface area contributed by atoms with Crippen LogP contribution in [0, 0.1) is 5.41 Å². The van der Waals surface area contributed by atoms with E-state index in [1.54, 1.807) is 32.0 Å². The molecular weight excluding hydrogens is 248 g/mol. The third kappa shape index (κ3) is 3.86. The van der Waals surface area contributed by atoms with E-state index in [1.807, 2.05) is 6.92 Å². The predicted molar refractivity (Wildman–Crippen MR) is 70.4 cm³/mol. The van der Waals surface area contributed by atoms with E-state index in [4.69, 9.17) is 14.6 Å². The van der Waals surface area contributed by atoms with Crippen molar-refractivity contribution in [3.63, 3.8) is 0 Å². The van der Waals surface area contributed by atoms with Gasteiger partial charge < -0.3 is 19.7 Å². The van der Waals surface area contributed by atoms with Crippen LogP contribution < -0.4 is 9.47 Å². The Balaban J connectivity index is 2.95. The molecule has 106 valence electrons. The van der Waals surface area contributed by atoms with Crippen LogP contribution in [0.4, 0.5) is 0 Å². The molecule has 0 unspecified atom stereocenters. The summed E-state index contributed by atoms with van der Waals surface area (Å²) in [7, 11) is 0. The first-order valence-electron chi connectivity index (χ1n) is 6.14. The van der Waals surface area contributed by atoms with E-state index >= 15 is 0 Å². The SMILES string of the molecule is CCOc1cccc(CO)c1OCC(C)(C)C(=O)O. The third-order valence-electron chi connectivity index (χ3n) is 2.69. The lowest BCUT2D eigenvalue weighted by molar-refractivity contribution is -0.148. The molecule has 1 aromatic carbocycles. The number of carboxylic acid groups (broad SMARTS) is 1. The molecule has 0 aliphatic carbocycles. The van der Waals surface area contributed by atoms with Crippen molar-refractivity contribution in [2.24, 2.45) is 5.41 Å². The molecule has 0 saturated heterocycles. The molecule has 0 amide bonds. The molecule has 0 aromatic heterocycles. The molecule has 0 spiro atoms. The van der Waals surface area contributed by atoms with Gasteiger partial charge in [-0.15, -0.1) is 0 Å². The molecular formula is C14H20O5. The molecule has 0 saturated carbocycles. The molecule has 1 rings (SSSR count). The van der Waals surface area contributed by atoms with Crippen molar-refractivity contribution >= 4 is 5.97 Å². The molecule has 1 aromatic rings. The average molecular weight is 268 g/mol. The number of aliphatic hydroxyl groups excluding tert-OH is 1. The number of rotatable bonds is 7. The summed E-state index contributed by atoms with van der Waals surface area (Å²) in [6.07, 6.45) is 0. The standard InChI is InChI=1S/C14H20O5/c1-4-18-11-7-5-6-10(8-15)12(11)19-9-14(2,3)13(16)17/h5-7,15H,4,8-9H2,1-3H3,(H,16,17). The van der Waals surface area contributed by atoms with Gasteiger partial charge in [-0.05, 0) is 26.8 Å². The maximum atomic E-state index is 11.0. The number of benzene rings is 1. The average Bonchev–Trinajstić information content (AvgIpc) is 2.37. The summed E-state index contributed by atoms with van der Waals surface area (Å²) in [6, 6.07) is 5.20. The Morgan fingerprint density at radius 1 is 1.32 bits per heavy atom. The second-order valence-electron chi connectivity index (χ2n) is 4.81. The first-order chi connectivity index (χ1) is 8.92. The van der Waals surface area contributed by atoms with Gasteiger partial charge in [0.25, 0.3) is 0 Å². The van der Waals surface area contributed by atoms with Crippen LogP contribution in [-0.4, -0.2) is 29.4 Å². The second kappa shape index (κ2) is 6.43. The van der Waals surface area contributed by atoms with Crippen molar-refractivity contribution in [1.82, 2.24) is 0 Å². The summed E-state index contributed by atoms with van der Waals surface area (Å²) in [6.45, 7) is 5.28. The van der Waals surface area contributed by atoms with Crippen molar-refractivity contribution in [3.05, 3.63) is 23.8 Å². The Morgan fingerprint density at radius 2 is 2.00 bits per heavy atom. The Morgan fingerprint density at radius 3 is 2.53 bits per heavy atom. The van der Waals surface area contributed by atoms with E-state index in [9.17, 15) is 9.90 Å². The number of carbonyl (C=O) groups is 1. The highest BCUT2D eigenvalue weighted by atomic mass is 16.5. The van der Waals surface area contributed by atoms with Crippen LogP contribution in [0.5, 0.6) is 11.5 Å². The van der Waals surface area contributed by atoms with E-state index in [0.717, 1.165) is 0 Å². The molecule has 0 aliphatic rings. The zero-order valence-electron chi connectivity index (χ0n) is 11.5. The fourth-order valence-corrected chi connectivity index (χ4v) is 1.43. The number of hydrogen-bond donors (Lipinski definition) is 2. The van der Waals surface area contributed by atoms with Crippen molar-refractivity contribution in [3.8, 4) is 11.5 Å². The lowest BCUT2D eigenvalue weighted by Gasteiger charge is -2.22. The first-order valence-corrected chi connectivity index (χ1v) is 6.14. The quantitative estimate of drug-likeness (QED) is 0.791. The molecule has 19 heavy (non-hydrogen) atoms. The van der Waals surface area contributed by atoms with Crippen LogP contribution in [0.25, 0.3) is 0 Å². The Kier molecular flexibility index (Phi) is 5.18. The fourth-order valence-electron chi connectivity index (χ4n) is 1.43. The highest BCUT2D eigenvalue weighted by Crippen LogP contribution is 2.33. The number of hydrogen-bond acceptors (Lipinski definition) is 4. The van der Waals surface area contributed by atoms with Gasteiger partial charge in [-0.1, -0.05) is 12.1 Å². The smallest absolute Gasteiger partial charge is 0.312 e. The first kappa shape index (κ1) is 15.3. The molecule has 0 bridgehead atoms. The summed E-state index contributed by atoms with van der Waals surface area (Å²) < 4.78 is 11.0. The highest BCUT2D eigenvalue weighted by Gasteiger charge is 2.29. The largest absolute Gasteiger partial charge is 0.490 e. The normalized spacial score (nSPS) is 11.2. The van der Waals surface area contributed by atoms with E-state index < -0.39 is 11.4 Å². The van der Waals surface area contributed by atoms with Crippen LogP contribution in [0.3, 0.4) is 0 Å². The van der Waals surface area contributed by atoms with Gasteiger partial charge in [-0.25, -0.2) is 0 Å². The van der Waals surface area contributed by atoms with Crippen molar-refractivity contribution in [2.75, 3.05) is 13.2 Å². The minimum atomic E-state index is -1.01. The minimum Gasteiger partial charge on any atom is -0.490 e. The lowest BCUT2D eigenvalue weighted by Crippen LogP contribution is -2.31. The number of aliphatic carboxylic acids is 1. The van der Waals surface area contributed by atoms with Gasteiger partial charge in [-0.2, -0.15) is 0 Å². The van der Waals surface area contributed by atoms with Gasteiger partial charge in [0.05, 0.1) is 18.6 Å². The van der Waals surface area contributed by atoms with E-state index in [1.165, 1.54) is 0 Å². The predicted octanol–water partition coefficient (Wildman–Crippen LogP) is 2.07. The van der Waals surface area contributed by atoms with Crippen LogP contribution in [0.15, 0.2) is 18.2 Å². The number of ether oxygens (including phenoxy) is 2. The van der Waals surface area contributed by atoms with Gasteiger partial charge in [0.15, 0.2) is 11.5 Å².